The van der Waals surface area contributed by atoms with Crippen molar-refractivity contribution >= 4 is 23.8 Å². The molecule has 0 amide bonds. The minimum Gasteiger partial charge on any atom is -0.193 e. The van der Waals surface area contributed by atoms with E-state index in [2.05, 4.69) is 0 Å². The van der Waals surface area contributed by atoms with Crippen LogP contribution < -0.4 is 0 Å². The zero-order valence-electron chi connectivity index (χ0n) is 11.4. The minimum atomic E-state index is 0.537. The van der Waals surface area contributed by atoms with Gasteiger partial charge < -0.3 is 0 Å². The normalized spacial score (nSPS) is 12.4. The number of nitriles is 1. The summed E-state index contributed by atoms with van der Waals surface area (Å²) in [6.07, 6.45) is 7.08. The Morgan fingerprint density at radius 1 is 0.905 bits per heavy atom. The number of halogens is 1. The van der Waals surface area contributed by atoms with Crippen LogP contribution in [0.15, 0.2) is 83.4 Å². The van der Waals surface area contributed by atoms with Crippen molar-refractivity contribution in [2.75, 3.05) is 0 Å². The van der Waals surface area contributed by atoms with Crippen LogP contribution in [-0.2, 0) is 0 Å². The predicted octanol–water partition coefficient (Wildman–Crippen LogP) is 5.43. The molecule has 0 saturated carbocycles. The maximum atomic E-state index is 8.90. The van der Waals surface area contributed by atoms with Crippen molar-refractivity contribution in [3.8, 4) is 6.07 Å². The average Bonchev–Trinajstić information content (AvgIpc) is 2.53. The fourth-order valence-corrected chi connectivity index (χ4v) is 2.04. The van der Waals surface area contributed by atoms with Crippen LogP contribution in [0.3, 0.4) is 0 Å². The maximum absolute atomic E-state index is 8.90. The van der Waals surface area contributed by atoms with Crippen LogP contribution in [0, 0.1) is 11.3 Å². The van der Waals surface area contributed by atoms with Crippen molar-refractivity contribution in [1.82, 2.24) is 0 Å². The molecule has 0 radical (unpaired) electrons. The lowest BCUT2D eigenvalue weighted by molar-refractivity contribution is 1.52. The Balaban J connectivity index is 2.24. The van der Waals surface area contributed by atoms with Gasteiger partial charge in [0.1, 0.15) is 0 Å². The molecule has 1 nitrogen and oxygen atoms in total. The molecule has 0 bridgehead atoms. The van der Waals surface area contributed by atoms with Gasteiger partial charge in [-0.2, -0.15) is 5.26 Å². The Kier molecular flexibility index (Phi) is 5.58. The van der Waals surface area contributed by atoms with Crippen molar-refractivity contribution in [2.24, 2.45) is 0 Å². The highest BCUT2D eigenvalue weighted by Gasteiger charge is 1.99. The Morgan fingerprint density at radius 3 is 2.05 bits per heavy atom. The van der Waals surface area contributed by atoms with Gasteiger partial charge in [0.25, 0.3) is 0 Å². The highest BCUT2D eigenvalue weighted by atomic mass is 35.5. The molecule has 2 aromatic rings. The molecule has 102 valence electrons. The van der Waals surface area contributed by atoms with Gasteiger partial charge in [-0.15, -0.1) is 0 Å². The molecule has 0 aliphatic carbocycles. The van der Waals surface area contributed by atoms with E-state index in [0.717, 1.165) is 11.1 Å². The summed E-state index contributed by atoms with van der Waals surface area (Å²) < 4.78 is 0. The molecule has 2 aromatic carbocycles. The van der Waals surface area contributed by atoms with Crippen LogP contribution in [0.5, 0.6) is 0 Å². The van der Waals surface area contributed by atoms with Gasteiger partial charge in [-0.05, 0) is 17.2 Å². The van der Waals surface area contributed by atoms with E-state index < -0.39 is 0 Å². The van der Waals surface area contributed by atoms with Crippen LogP contribution in [0.25, 0.3) is 12.2 Å². The molecule has 0 saturated heterocycles. The number of benzene rings is 2. The van der Waals surface area contributed by atoms with Gasteiger partial charge in [0.15, 0.2) is 0 Å². The lowest BCUT2D eigenvalue weighted by atomic mass is 10.1. The van der Waals surface area contributed by atoms with Crippen molar-refractivity contribution in [3.63, 3.8) is 0 Å². The molecule has 2 rings (SSSR count). The van der Waals surface area contributed by atoms with Crippen molar-refractivity contribution in [3.05, 3.63) is 94.5 Å². The van der Waals surface area contributed by atoms with Crippen molar-refractivity contribution in [1.29, 1.82) is 5.26 Å². The SMILES string of the molecule is N#CC=C(C=Cc1ccccc1)C(Cl)=Cc1ccccc1. The van der Waals surface area contributed by atoms with E-state index >= 15 is 0 Å². The zero-order valence-corrected chi connectivity index (χ0v) is 12.2. The molecule has 0 N–H and O–H groups in total. The Hall–Kier alpha value is -2.56. The fourth-order valence-electron chi connectivity index (χ4n) is 1.80. The first-order valence-electron chi connectivity index (χ1n) is 6.55. The zero-order chi connectivity index (χ0) is 14.9. The van der Waals surface area contributed by atoms with Gasteiger partial charge in [-0.25, -0.2) is 0 Å². The van der Waals surface area contributed by atoms with E-state index in [1.54, 1.807) is 0 Å². The molecule has 0 atom stereocenters. The topological polar surface area (TPSA) is 23.8 Å². The van der Waals surface area contributed by atoms with Crippen LogP contribution in [0.1, 0.15) is 11.1 Å². The summed E-state index contributed by atoms with van der Waals surface area (Å²) in [6.45, 7) is 0. The van der Waals surface area contributed by atoms with E-state index in [1.165, 1.54) is 6.08 Å². The summed E-state index contributed by atoms with van der Waals surface area (Å²) in [5.74, 6) is 0. The summed E-state index contributed by atoms with van der Waals surface area (Å²) >= 11 is 6.32. The van der Waals surface area contributed by atoms with Gasteiger partial charge in [0.05, 0.1) is 6.07 Å². The Labute approximate surface area is 130 Å². The highest BCUT2D eigenvalue weighted by Crippen LogP contribution is 2.21. The standard InChI is InChI=1S/C19H14ClN/c20-19(15-17-9-5-2-6-10-17)18(13-14-21)12-11-16-7-3-1-4-8-16/h1-13,15H. The van der Waals surface area contributed by atoms with E-state index in [1.807, 2.05) is 85.0 Å². The Morgan fingerprint density at radius 2 is 1.48 bits per heavy atom. The first kappa shape index (κ1) is 14.8. The first-order chi connectivity index (χ1) is 10.3. The molecular formula is C19H14ClN. The van der Waals surface area contributed by atoms with Gasteiger partial charge in [0, 0.05) is 16.7 Å². The summed E-state index contributed by atoms with van der Waals surface area (Å²) in [6, 6.07) is 21.7. The van der Waals surface area contributed by atoms with E-state index in [0.29, 0.717) is 10.6 Å². The third kappa shape index (κ3) is 4.80. The van der Waals surface area contributed by atoms with E-state index in [4.69, 9.17) is 16.9 Å². The Bertz CT molecular complexity index is 704. The highest BCUT2D eigenvalue weighted by molar-refractivity contribution is 6.34. The summed E-state index contributed by atoms with van der Waals surface area (Å²) in [7, 11) is 0. The first-order valence-corrected chi connectivity index (χ1v) is 6.93. The predicted molar refractivity (Wildman–Crippen MR) is 89.4 cm³/mol. The van der Waals surface area contributed by atoms with Crippen LogP contribution in [0.2, 0.25) is 0 Å². The molecule has 0 aliphatic rings. The summed E-state index contributed by atoms with van der Waals surface area (Å²) in [5.41, 5.74) is 2.75. The van der Waals surface area contributed by atoms with Gasteiger partial charge in [0.2, 0.25) is 0 Å². The van der Waals surface area contributed by atoms with E-state index in [-0.39, 0.29) is 0 Å². The number of nitrogens with zero attached hydrogens (tertiary/aromatic N) is 1. The lowest BCUT2D eigenvalue weighted by Gasteiger charge is -2.00. The molecule has 0 aromatic heterocycles. The summed E-state index contributed by atoms with van der Waals surface area (Å²) in [5, 5.41) is 9.44. The third-order valence-corrected chi connectivity index (χ3v) is 3.17. The second-order valence-electron chi connectivity index (χ2n) is 4.38. The average molecular weight is 292 g/mol. The number of rotatable bonds is 4. The number of allylic oxidation sites excluding steroid dienone is 4. The molecule has 0 spiro atoms. The monoisotopic (exact) mass is 291 g/mol. The minimum absolute atomic E-state index is 0.537. The lowest BCUT2D eigenvalue weighted by Crippen LogP contribution is -1.80. The van der Waals surface area contributed by atoms with Crippen molar-refractivity contribution in [2.45, 2.75) is 0 Å². The molecule has 0 unspecified atom stereocenters. The molecule has 0 heterocycles. The van der Waals surface area contributed by atoms with Crippen LogP contribution in [0.4, 0.5) is 0 Å². The summed E-state index contributed by atoms with van der Waals surface area (Å²) in [4.78, 5) is 0. The maximum Gasteiger partial charge on any atom is 0.0918 e. The second kappa shape index (κ2) is 7.89. The largest absolute Gasteiger partial charge is 0.193 e. The van der Waals surface area contributed by atoms with Crippen LogP contribution >= 0.6 is 11.6 Å². The quantitative estimate of drug-likeness (QED) is 0.544. The van der Waals surface area contributed by atoms with Gasteiger partial charge in [-0.3, -0.25) is 0 Å². The molecular weight excluding hydrogens is 278 g/mol. The van der Waals surface area contributed by atoms with Gasteiger partial charge in [-0.1, -0.05) is 84.4 Å². The number of hydrogen-bond acceptors (Lipinski definition) is 1. The fraction of sp³-hybridized carbons (Fsp3) is 0. The van der Waals surface area contributed by atoms with E-state index in [9.17, 15) is 0 Å². The van der Waals surface area contributed by atoms with Crippen molar-refractivity contribution < 1.29 is 0 Å². The molecule has 0 aliphatic heterocycles. The molecule has 21 heavy (non-hydrogen) atoms. The molecule has 2 heteroatoms. The number of hydrogen-bond donors (Lipinski definition) is 0. The smallest absolute Gasteiger partial charge is 0.0918 e. The van der Waals surface area contributed by atoms with Gasteiger partial charge >= 0.3 is 0 Å². The third-order valence-electron chi connectivity index (χ3n) is 2.84. The van der Waals surface area contributed by atoms with Crippen LogP contribution in [-0.4, -0.2) is 0 Å². The molecule has 0 fully saturated rings. The second-order valence-corrected chi connectivity index (χ2v) is 4.78.